The Morgan fingerprint density at radius 3 is 1.62 bits per heavy atom. The molecule has 0 aliphatic rings. The first kappa shape index (κ1) is 18.2. The normalized spacial score (nSPS) is 11.6. The molecule has 0 N–H and O–H groups in total. The van der Waals surface area contributed by atoms with Gasteiger partial charge in [-0.1, -0.05) is 120 Å². The molecule has 0 bridgehead atoms. The van der Waals surface area contributed by atoms with E-state index >= 15 is 0 Å². The molecule has 118 valence electrons. The van der Waals surface area contributed by atoms with Gasteiger partial charge in [0.15, 0.2) is 0 Å². The molecule has 1 aromatic rings. The summed E-state index contributed by atoms with van der Waals surface area (Å²) in [5, 5.41) is 1.53. The van der Waals surface area contributed by atoms with Gasteiger partial charge in [0.2, 0.25) is 0 Å². The van der Waals surface area contributed by atoms with Gasteiger partial charge in [-0.05, 0) is 5.56 Å². The van der Waals surface area contributed by atoms with Crippen molar-refractivity contribution in [3.8, 4) is 0 Å². The molecule has 21 heavy (non-hydrogen) atoms. The van der Waals surface area contributed by atoms with Crippen molar-refractivity contribution >= 4 is 13.3 Å². The van der Waals surface area contributed by atoms with Crippen molar-refractivity contribution in [3.63, 3.8) is 0 Å². The highest BCUT2D eigenvalue weighted by molar-refractivity contribution is 6.96. The maximum absolute atomic E-state index is 4.62. The van der Waals surface area contributed by atoms with Gasteiger partial charge in [-0.15, -0.1) is 0 Å². The maximum Gasteiger partial charge on any atom is 0.0867 e. The smallest absolute Gasteiger partial charge is 0.0867 e. The number of unbranched alkanes of at least 4 members (excludes halogenated alkanes) is 3. The van der Waals surface area contributed by atoms with Crippen LogP contribution in [0.3, 0.4) is 0 Å². The molecule has 1 rings (SSSR count). The standard InChI is InChI=1S/C20H34Si/c1-5-8-16-21(17-9-6-2,18-10-7-3)19(4)20-14-12-11-13-15-20/h11-15H,4-10,16-18H2,1-3H3. The highest BCUT2D eigenvalue weighted by Gasteiger charge is 2.34. The van der Waals surface area contributed by atoms with Crippen LogP contribution in [-0.2, 0) is 0 Å². The first-order valence-electron chi connectivity index (χ1n) is 8.95. The van der Waals surface area contributed by atoms with E-state index in [1.165, 1.54) is 67.4 Å². The second-order valence-electron chi connectivity index (χ2n) is 6.44. The summed E-state index contributed by atoms with van der Waals surface area (Å²) in [6.45, 7) is 11.6. The fourth-order valence-corrected chi connectivity index (χ4v) is 8.84. The minimum atomic E-state index is -1.40. The monoisotopic (exact) mass is 302 g/mol. The summed E-state index contributed by atoms with van der Waals surface area (Å²) in [7, 11) is -1.40. The van der Waals surface area contributed by atoms with Gasteiger partial charge in [-0.25, -0.2) is 0 Å². The molecule has 0 nitrogen and oxygen atoms in total. The summed E-state index contributed by atoms with van der Waals surface area (Å²) in [5.41, 5.74) is 1.41. The van der Waals surface area contributed by atoms with Crippen LogP contribution in [0, 0.1) is 0 Å². The van der Waals surface area contributed by atoms with E-state index in [0.29, 0.717) is 0 Å². The van der Waals surface area contributed by atoms with Crippen molar-refractivity contribution in [1.29, 1.82) is 0 Å². The molecule has 0 aromatic heterocycles. The average Bonchev–Trinajstić information content (AvgIpc) is 2.55. The van der Waals surface area contributed by atoms with Gasteiger partial charge in [-0.3, -0.25) is 0 Å². The van der Waals surface area contributed by atoms with Crippen LogP contribution < -0.4 is 0 Å². The largest absolute Gasteiger partial charge is 0.0992 e. The van der Waals surface area contributed by atoms with Crippen LogP contribution >= 0.6 is 0 Å². The molecule has 0 aliphatic heterocycles. The number of hydrogen-bond acceptors (Lipinski definition) is 0. The van der Waals surface area contributed by atoms with Crippen LogP contribution in [0.4, 0.5) is 0 Å². The molecule has 1 aromatic carbocycles. The number of rotatable bonds is 11. The molecular weight excluding hydrogens is 268 g/mol. The van der Waals surface area contributed by atoms with Crippen LogP contribution in [0.15, 0.2) is 36.9 Å². The molecule has 1 heteroatoms. The summed E-state index contributed by atoms with van der Waals surface area (Å²) in [5.74, 6) is 0. The number of benzene rings is 1. The zero-order chi connectivity index (χ0) is 15.6. The molecule has 0 saturated carbocycles. The molecule has 0 saturated heterocycles. The van der Waals surface area contributed by atoms with Crippen LogP contribution in [-0.4, -0.2) is 8.07 Å². The van der Waals surface area contributed by atoms with E-state index in [4.69, 9.17) is 0 Å². The lowest BCUT2D eigenvalue weighted by Gasteiger charge is -2.35. The van der Waals surface area contributed by atoms with E-state index in [-0.39, 0.29) is 0 Å². The van der Waals surface area contributed by atoms with E-state index in [1.54, 1.807) is 0 Å². The van der Waals surface area contributed by atoms with Crippen molar-refractivity contribution < 1.29 is 0 Å². The topological polar surface area (TPSA) is 0 Å². The summed E-state index contributed by atoms with van der Waals surface area (Å²) in [6.07, 6.45) is 8.09. The van der Waals surface area contributed by atoms with Crippen molar-refractivity contribution in [2.75, 3.05) is 0 Å². The minimum absolute atomic E-state index is 1.31. The molecule has 0 fully saturated rings. The first-order chi connectivity index (χ1) is 10.2. The predicted octanol–water partition coefficient (Wildman–Crippen LogP) is 7.09. The lowest BCUT2D eigenvalue weighted by atomic mass is 10.2. The van der Waals surface area contributed by atoms with Gasteiger partial charge in [0, 0.05) is 0 Å². The van der Waals surface area contributed by atoms with Gasteiger partial charge >= 0.3 is 0 Å². The Morgan fingerprint density at radius 1 is 0.810 bits per heavy atom. The fourth-order valence-electron chi connectivity index (χ4n) is 3.32. The van der Waals surface area contributed by atoms with Gasteiger partial charge in [0.1, 0.15) is 0 Å². The van der Waals surface area contributed by atoms with E-state index in [2.05, 4.69) is 57.7 Å². The Kier molecular flexibility index (Phi) is 8.68. The summed E-state index contributed by atoms with van der Waals surface area (Å²) in [4.78, 5) is 0. The zero-order valence-electron chi connectivity index (χ0n) is 14.5. The van der Waals surface area contributed by atoms with Gasteiger partial charge in [0.25, 0.3) is 0 Å². The van der Waals surface area contributed by atoms with Gasteiger partial charge in [-0.2, -0.15) is 0 Å². The molecule has 0 atom stereocenters. The Morgan fingerprint density at radius 2 is 1.24 bits per heavy atom. The van der Waals surface area contributed by atoms with E-state index in [1.807, 2.05) is 0 Å². The third-order valence-electron chi connectivity index (χ3n) is 4.79. The lowest BCUT2D eigenvalue weighted by molar-refractivity contribution is 0.801. The third-order valence-corrected chi connectivity index (χ3v) is 10.3. The summed E-state index contributed by atoms with van der Waals surface area (Å²) >= 11 is 0. The lowest BCUT2D eigenvalue weighted by Crippen LogP contribution is -2.35. The van der Waals surface area contributed by atoms with Crippen molar-refractivity contribution in [2.45, 2.75) is 77.4 Å². The summed E-state index contributed by atoms with van der Waals surface area (Å²) < 4.78 is 0. The highest BCUT2D eigenvalue weighted by atomic mass is 28.3. The Hall–Kier alpha value is -0.823. The maximum atomic E-state index is 4.62. The molecule has 0 amide bonds. The molecule has 0 heterocycles. The molecular formula is C20H34Si. The second-order valence-corrected chi connectivity index (χ2v) is 11.1. The van der Waals surface area contributed by atoms with Gasteiger partial charge < -0.3 is 0 Å². The quantitative estimate of drug-likeness (QED) is 0.383. The average molecular weight is 303 g/mol. The Bertz CT molecular complexity index is 372. The van der Waals surface area contributed by atoms with Crippen LogP contribution in [0.25, 0.3) is 5.20 Å². The van der Waals surface area contributed by atoms with Gasteiger partial charge in [0.05, 0.1) is 8.07 Å². The van der Waals surface area contributed by atoms with E-state index in [0.717, 1.165) is 0 Å². The number of hydrogen-bond donors (Lipinski definition) is 0. The summed E-state index contributed by atoms with van der Waals surface area (Å²) in [6, 6.07) is 15.3. The zero-order valence-corrected chi connectivity index (χ0v) is 15.5. The Balaban J connectivity index is 3.02. The van der Waals surface area contributed by atoms with Crippen molar-refractivity contribution in [3.05, 3.63) is 42.5 Å². The van der Waals surface area contributed by atoms with Crippen LogP contribution in [0.5, 0.6) is 0 Å². The molecule has 0 unspecified atom stereocenters. The van der Waals surface area contributed by atoms with Crippen molar-refractivity contribution in [1.82, 2.24) is 0 Å². The molecule has 0 spiro atoms. The second kappa shape index (κ2) is 10.00. The fraction of sp³-hybridized carbons (Fsp3) is 0.600. The first-order valence-corrected chi connectivity index (χ1v) is 11.6. The van der Waals surface area contributed by atoms with E-state index in [9.17, 15) is 0 Å². The van der Waals surface area contributed by atoms with E-state index < -0.39 is 8.07 Å². The third kappa shape index (κ3) is 5.46. The van der Waals surface area contributed by atoms with Crippen LogP contribution in [0.1, 0.15) is 64.9 Å². The Labute approximate surface area is 133 Å². The van der Waals surface area contributed by atoms with Crippen molar-refractivity contribution in [2.24, 2.45) is 0 Å². The molecule has 0 radical (unpaired) electrons. The van der Waals surface area contributed by atoms with Crippen LogP contribution in [0.2, 0.25) is 18.1 Å². The minimum Gasteiger partial charge on any atom is -0.0992 e. The highest BCUT2D eigenvalue weighted by Crippen LogP contribution is 2.38. The SMILES string of the molecule is C=C(c1ccccc1)[Si](CCCC)(CCCC)CCCC. The predicted molar refractivity (Wildman–Crippen MR) is 100 cm³/mol. The molecule has 0 aliphatic carbocycles.